The molecule has 0 saturated heterocycles. The molecule has 0 unspecified atom stereocenters. The van der Waals surface area contributed by atoms with Crippen LogP contribution in [-0.2, 0) is 6.61 Å². The topological polar surface area (TPSA) is 62.5 Å². The van der Waals surface area contributed by atoms with Crippen molar-refractivity contribution in [2.24, 2.45) is 0 Å². The van der Waals surface area contributed by atoms with Gasteiger partial charge < -0.3 is 14.6 Å². The largest absolute Gasteiger partial charge is 0.493 e. The van der Waals surface area contributed by atoms with E-state index in [-0.39, 0.29) is 6.61 Å². The van der Waals surface area contributed by atoms with Gasteiger partial charge in [0.25, 0.3) is 0 Å². The Kier molecular flexibility index (Phi) is 4.46. The fourth-order valence-electron chi connectivity index (χ4n) is 1.71. The highest BCUT2D eigenvalue weighted by Gasteiger charge is 2.10. The lowest BCUT2D eigenvalue weighted by Gasteiger charge is -2.13. The standard InChI is InChI=1S/C15H12ClNO3/c1-19-15-6-10(8-17)2-4-14(15)20-13-5-3-12(16)7-11(13)9-18/h2-7,18H,9H2,1H3. The number of hydrogen-bond acceptors (Lipinski definition) is 4. The third-order valence-corrected chi connectivity index (χ3v) is 2.94. The average Bonchev–Trinajstić information content (AvgIpc) is 2.49. The Hall–Kier alpha value is -2.22. The first-order valence-electron chi connectivity index (χ1n) is 5.83. The maximum Gasteiger partial charge on any atom is 0.169 e. The lowest BCUT2D eigenvalue weighted by atomic mass is 10.2. The van der Waals surface area contributed by atoms with Crippen molar-refractivity contribution < 1.29 is 14.6 Å². The fourth-order valence-corrected chi connectivity index (χ4v) is 1.91. The molecule has 0 aliphatic rings. The van der Waals surface area contributed by atoms with Gasteiger partial charge in [-0.15, -0.1) is 0 Å². The molecule has 102 valence electrons. The van der Waals surface area contributed by atoms with E-state index in [0.29, 0.717) is 33.4 Å². The van der Waals surface area contributed by atoms with Crippen molar-refractivity contribution in [2.75, 3.05) is 7.11 Å². The summed E-state index contributed by atoms with van der Waals surface area (Å²) in [6.07, 6.45) is 0. The molecule has 0 heterocycles. The molecule has 2 aromatic carbocycles. The van der Waals surface area contributed by atoms with Crippen LogP contribution in [-0.4, -0.2) is 12.2 Å². The van der Waals surface area contributed by atoms with E-state index in [1.54, 1.807) is 36.4 Å². The van der Waals surface area contributed by atoms with Gasteiger partial charge in [-0.2, -0.15) is 5.26 Å². The van der Waals surface area contributed by atoms with E-state index in [1.807, 2.05) is 6.07 Å². The number of aliphatic hydroxyl groups is 1. The minimum atomic E-state index is -0.186. The summed E-state index contributed by atoms with van der Waals surface area (Å²) in [6.45, 7) is -0.186. The van der Waals surface area contributed by atoms with Crippen LogP contribution in [0.3, 0.4) is 0 Å². The molecule has 0 radical (unpaired) electrons. The number of nitrogens with zero attached hydrogens (tertiary/aromatic N) is 1. The van der Waals surface area contributed by atoms with Crippen LogP contribution in [0.5, 0.6) is 17.2 Å². The second kappa shape index (κ2) is 6.29. The fraction of sp³-hybridized carbons (Fsp3) is 0.133. The summed E-state index contributed by atoms with van der Waals surface area (Å²) >= 11 is 5.87. The normalized spacial score (nSPS) is 9.90. The Morgan fingerprint density at radius 3 is 2.55 bits per heavy atom. The summed E-state index contributed by atoms with van der Waals surface area (Å²) in [5.41, 5.74) is 1.05. The van der Waals surface area contributed by atoms with E-state index in [1.165, 1.54) is 7.11 Å². The zero-order valence-electron chi connectivity index (χ0n) is 10.8. The van der Waals surface area contributed by atoms with Crippen molar-refractivity contribution in [3.63, 3.8) is 0 Å². The molecule has 0 aliphatic carbocycles. The molecule has 0 aliphatic heterocycles. The van der Waals surface area contributed by atoms with Crippen molar-refractivity contribution in [1.29, 1.82) is 5.26 Å². The van der Waals surface area contributed by atoms with E-state index >= 15 is 0 Å². The molecule has 2 rings (SSSR count). The molecular weight excluding hydrogens is 278 g/mol. The van der Waals surface area contributed by atoms with Crippen LogP contribution in [0, 0.1) is 11.3 Å². The molecule has 0 fully saturated rings. The predicted molar refractivity (Wildman–Crippen MR) is 75.2 cm³/mol. The molecule has 5 heteroatoms. The molecule has 4 nitrogen and oxygen atoms in total. The summed E-state index contributed by atoms with van der Waals surface area (Å²) in [5, 5.41) is 18.7. The van der Waals surface area contributed by atoms with E-state index in [9.17, 15) is 5.11 Å². The highest BCUT2D eigenvalue weighted by atomic mass is 35.5. The van der Waals surface area contributed by atoms with E-state index in [0.717, 1.165) is 0 Å². The smallest absolute Gasteiger partial charge is 0.169 e. The number of benzene rings is 2. The minimum Gasteiger partial charge on any atom is -0.493 e. The Balaban J connectivity index is 2.37. The SMILES string of the molecule is COc1cc(C#N)ccc1Oc1ccc(Cl)cc1CO. The molecule has 0 amide bonds. The third kappa shape index (κ3) is 3.02. The molecule has 2 aromatic rings. The average molecular weight is 290 g/mol. The van der Waals surface area contributed by atoms with Crippen LogP contribution in [0.2, 0.25) is 5.02 Å². The van der Waals surface area contributed by atoms with Crippen LogP contribution in [0.15, 0.2) is 36.4 Å². The first kappa shape index (κ1) is 14.2. The van der Waals surface area contributed by atoms with Crippen molar-refractivity contribution in [2.45, 2.75) is 6.61 Å². The molecule has 0 aromatic heterocycles. The monoisotopic (exact) mass is 289 g/mol. The molecule has 0 spiro atoms. The first-order valence-corrected chi connectivity index (χ1v) is 6.21. The molecular formula is C15H12ClNO3. The van der Waals surface area contributed by atoms with Gasteiger partial charge in [-0.1, -0.05) is 11.6 Å². The zero-order chi connectivity index (χ0) is 14.5. The lowest BCUT2D eigenvalue weighted by Crippen LogP contribution is -1.95. The van der Waals surface area contributed by atoms with Gasteiger partial charge in [0.15, 0.2) is 11.5 Å². The van der Waals surface area contributed by atoms with Gasteiger partial charge >= 0.3 is 0 Å². The number of methoxy groups -OCH3 is 1. The van der Waals surface area contributed by atoms with E-state index < -0.39 is 0 Å². The molecule has 1 N–H and O–H groups in total. The maximum atomic E-state index is 9.32. The summed E-state index contributed by atoms with van der Waals surface area (Å²) in [5.74, 6) is 1.39. The van der Waals surface area contributed by atoms with Crippen molar-refractivity contribution >= 4 is 11.6 Å². The molecule has 20 heavy (non-hydrogen) atoms. The van der Waals surface area contributed by atoms with Gasteiger partial charge in [-0.25, -0.2) is 0 Å². The summed E-state index contributed by atoms with van der Waals surface area (Å²) in [6, 6.07) is 11.9. The quantitative estimate of drug-likeness (QED) is 0.935. The van der Waals surface area contributed by atoms with Crippen molar-refractivity contribution in [1.82, 2.24) is 0 Å². The summed E-state index contributed by atoms with van der Waals surface area (Å²) < 4.78 is 10.9. The second-order valence-corrected chi connectivity index (χ2v) is 4.43. The summed E-state index contributed by atoms with van der Waals surface area (Å²) in [7, 11) is 1.50. The molecule has 0 bridgehead atoms. The number of rotatable bonds is 4. The van der Waals surface area contributed by atoms with Gasteiger partial charge in [-0.05, 0) is 30.3 Å². The lowest BCUT2D eigenvalue weighted by molar-refractivity contribution is 0.275. The van der Waals surface area contributed by atoms with Crippen LogP contribution >= 0.6 is 11.6 Å². The first-order chi connectivity index (χ1) is 9.67. The number of hydrogen-bond donors (Lipinski definition) is 1. The van der Waals surface area contributed by atoms with Crippen LogP contribution in [0.1, 0.15) is 11.1 Å². The number of nitriles is 1. The predicted octanol–water partition coefficient (Wildman–Crippen LogP) is 3.50. The van der Waals surface area contributed by atoms with Crippen LogP contribution in [0.25, 0.3) is 0 Å². The minimum absolute atomic E-state index is 0.186. The Labute approximate surface area is 121 Å². The molecule has 0 saturated carbocycles. The number of aliphatic hydroxyl groups excluding tert-OH is 1. The Morgan fingerprint density at radius 2 is 1.90 bits per heavy atom. The van der Waals surface area contributed by atoms with Gasteiger partial charge in [0.05, 0.1) is 25.3 Å². The van der Waals surface area contributed by atoms with Gasteiger partial charge in [-0.3, -0.25) is 0 Å². The molecule has 0 atom stereocenters. The van der Waals surface area contributed by atoms with Gasteiger partial charge in [0.2, 0.25) is 0 Å². The number of ether oxygens (including phenoxy) is 2. The Morgan fingerprint density at radius 1 is 1.15 bits per heavy atom. The number of halogens is 1. The van der Waals surface area contributed by atoms with Crippen molar-refractivity contribution in [3.05, 3.63) is 52.5 Å². The van der Waals surface area contributed by atoms with E-state index in [4.69, 9.17) is 26.3 Å². The van der Waals surface area contributed by atoms with Crippen LogP contribution < -0.4 is 9.47 Å². The third-order valence-electron chi connectivity index (χ3n) is 2.71. The highest BCUT2D eigenvalue weighted by molar-refractivity contribution is 6.30. The highest BCUT2D eigenvalue weighted by Crippen LogP contribution is 2.34. The van der Waals surface area contributed by atoms with Crippen LogP contribution in [0.4, 0.5) is 0 Å². The van der Waals surface area contributed by atoms with Gasteiger partial charge in [0.1, 0.15) is 5.75 Å². The maximum absolute atomic E-state index is 9.32. The van der Waals surface area contributed by atoms with E-state index in [2.05, 4.69) is 0 Å². The zero-order valence-corrected chi connectivity index (χ0v) is 11.5. The van der Waals surface area contributed by atoms with Gasteiger partial charge in [0, 0.05) is 16.7 Å². The summed E-state index contributed by atoms with van der Waals surface area (Å²) in [4.78, 5) is 0. The Bertz CT molecular complexity index is 665. The second-order valence-electron chi connectivity index (χ2n) is 3.99. The van der Waals surface area contributed by atoms with Crippen molar-refractivity contribution in [3.8, 4) is 23.3 Å².